The summed E-state index contributed by atoms with van der Waals surface area (Å²) in [6.07, 6.45) is 2.71. The van der Waals surface area contributed by atoms with Gasteiger partial charge >= 0.3 is 16.9 Å². The second kappa shape index (κ2) is 13.4. The summed E-state index contributed by atoms with van der Waals surface area (Å²) in [5, 5.41) is 22.8. The van der Waals surface area contributed by atoms with Crippen LogP contribution >= 0.6 is 0 Å². The second-order valence-electron chi connectivity index (χ2n) is 7.14. The monoisotopic (exact) mass is 543 g/mol. The zero-order chi connectivity index (χ0) is 27.4. The van der Waals surface area contributed by atoms with Crippen LogP contribution in [-0.4, -0.2) is 50.5 Å². The summed E-state index contributed by atoms with van der Waals surface area (Å²) in [6.45, 7) is -0.530. The number of benzene rings is 2. The first kappa shape index (κ1) is 27.7. The van der Waals surface area contributed by atoms with Crippen molar-refractivity contribution in [3.05, 3.63) is 71.4 Å². The van der Waals surface area contributed by atoms with Crippen LogP contribution in [0.4, 0.5) is 0 Å². The van der Waals surface area contributed by atoms with Gasteiger partial charge in [0, 0.05) is 6.08 Å². The van der Waals surface area contributed by atoms with Crippen LogP contribution in [0.25, 0.3) is 6.08 Å². The van der Waals surface area contributed by atoms with Crippen LogP contribution in [0.2, 0.25) is 0 Å². The van der Waals surface area contributed by atoms with Crippen molar-refractivity contribution in [3.63, 3.8) is 0 Å². The van der Waals surface area contributed by atoms with Crippen LogP contribution in [0.5, 0.6) is 11.6 Å². The van der Waals surface area contributed by atoms with Gasteiger partial charge in [-0.15, -0.1) is 0 Å². The lowest BCUT2D eigenvalue weighted by Gasteiger charge is -2.05. The summed E-state index contributed by atoms with van der Waals surface area (Å²) in [5.74, 6) is 3.77. The molecule has 0 radical (unpaired) electrons. The molecule has 0 spiro atoms. The Bertz CT molecular complexity index is 1440. The molecule has 0 saturated carbocycles. The quantitative estimate of drug-likeness (QED) is 0.0881. The topological polar surface area (TPSA) is 181 Å². The summed E-state index contributed by atoms with van der Waals surface area (Å²) in [7, 11) is -4.24. The van der Waals surface area contributed by atoms with Gasteiger partial charge in [0.1, 0.15) is 5.75 Å². The van der Waals surface area contributed by atoms with Crippen molar-refractivity contribution >= 4 is 27.8 Å². The van der Waals surface area contributed by atoms with Crippen molar-refractivity contribution in [2.45, 2.75) is 16.3 Å². The molecular weight excluding hydrogens is 522 g/mol. The van der Waals surface area contributed by atoms with E-state index in [1.807, 2.05) is 0 Å². The summed E-state index contributed by atoms with van der Waals surface area (Å²) < 4.78 is 45.2. The van der Waals surface area contributed by atoms with Gasteiger partial charge in [-0.2, -0.15) is 0 Å². The van der Waals surface area contributed by atoms with E-state index in [9.17, 15) is 23.2 Å². The van der Waals surface area contributed by atoms with E-state index in [-0.39, 0.29) is 36.0 Å². The molecule has 3 aromatic rings. The van der Waals surface area contributed by atoms with E-state index in [0.29, 0.717) is 11.3 Å². The van der Waals surface area contributed by atoms with E-state index in [2.05, 4.69) is 21.6 Å². The molecular formula is C24H21N3O10S. The van der Waals surface area contributed by atoms with Crippen molar-refractivity contribution in [1.82, 2.24) is 10.6 Å². The Morgan fingerprint density at radius 3 is 2.50 bits per heavy atom. The van der Waals surface area contributed by atoms with E-state index < -0.39 is 32.6 Å². The standard InChI is InChI=1S/C24H21N3O10S/c28-21(25-30)14-17-34-19-11-8-18(9-12-19)10-13-22(29)35-15-4-5-16-36-23-24(27(31)37-26-23)38(32,33)20-6-2-1-3-7-20/h1-3,6-13,30H,14-17H2,(H,25,28). The number of hydrogen-bond acceptors (Lipinski definition) is 11. The molecule has 0 unspecified atom stereocenters. The SMILES string of the molecule is O=C(CCOc1ccc(C=CC(=O)OCC#CCOc2no[n+]([O-])c2S(=O)(=O)c2ccccc2)cc1)NO. The predicted octanol–water partition coefficient (Wildman–Crippen LogP) is 1.05. The van der Waals surface area contributed by atoms with Crippen molar-refractivity contribution in [3.8, 4) is 23.5 Å². The highest BCUT2D eigenvalue weighted by Crippen LogP contribution is 2.24. The Morgan fingerprint density at radius 1 is 1.08 bits per heavy atom. The molecule has 0 bridgehead atoms. The number of ether oxygens (including phenoxy) is 3. The van der Waals surface area contributed by atoms with Crippen molar-refractivity contribution in [2.75, 3.05) is 19.8 Å². The summed E-state index contributed by atoms with van der Waals surface area (Å²) in [5.41, 5.74) is 2.19. The highest BCUT2D eigenvalue weighted by molar-refractivity contribution is 7.91. The fraction of sp³-hybridized carbons (Fsp3) is 0.167. The van der Waals surface area contributed by atoms with E-state index in [1.54, 1.807) is 30.3 Å². The number of sulfone groups is 1. The molecule has 0 aliphatic heterocycles. The van der Waals surface area contributed by atoms with Gasteiger partial charge in [-0.05, 0) is 40.8 Å². The van der Waals surface area contributed by atoms with E-state index in [0.717, 1.165) is 0 Å². The summed E-state index contributed by atoms with van der Waals surface area (Å²) in [4.78, 5) is 22.4. The first-order valence-electron chi connectivity index (χ1n) is 10.8. The van der Waals surface area contributed by atoms with Crippen LogP contribution in [0.1, 0.15) is 12.0 Å². The molecule has 0 aliphatic carbocycles. The number of esters is 1. The Labute approximate surface area is 216 Å². The smallest absolute Gasteiger partial charge is 0.415 e. The van der Waals surface area contributed by atoms with Crippen molar-refractivity contribution in [1.29, 1.82) is 0 Å². The molecule has 1 heterocycles. The third kappa shape index (κ3) is 7.82. The molecule has 0 atom stereocenters. The molecule has 2 N–H and O–H groups in total. The number of carbonyl (C=O) groups excluding carboxylic acids is 2. The maximum absolute atomic E-state index is 12.7. The van der Waals surface area contributed by atoms with Crippen LogP contribution in [0, 0.1) is 17.0 Å². The normalized spacial score (nSPS) is 10.9. The molecule has 14 heteroatoms. The lowest BCUT2D eigenvalue weighted by molar-refractivity contribution is -0.832. The zero-order valence-electron chi connectivity index (χ0n) is 19.6. The molecule has 0 fully saturated rings. The number of rotatable bonds is 11. The van der Waals surface area contributed by atoms with Crippen molar-refractivity contribution in [2.24, 2.45) is 0 Å². The number of amides is 1. The van der Waals surface area contributed by atoms with E-state index in [1.165, 1.54) is 41.9 Å². The number of carbonyl (C=O) groups is 2. The van der Waals surface area contributed by atoms with Gasteiger partial charge in [0.25, 0.3) is 9.84 Å². The molecule has 198 valence electrons. The van der Waals surface area contributed by atoms with Gasteiger partial charge in [-0.25, -0.2) is 18.7 Å². The van der Waals surface area contributed by atoms with Gasteiger partial charge in [-0.3, -0.25) is 14.6 Å². The largest absolute Gasteiger partial charge is 0.493 e. The molecule has 38 heavy (non-hydrogen) atoms. The maximum Gasteiger partial charge on any atom is 0.415 e. The highest BCUT2D eigenvalue weighted by atomic mass is 32.2. The highest BCUT2D eigenvalue weighted by Gasteiger charge is 2.35. The number of aromatic nitrogens is 2. The zero-order valence-corrected chi connectivity index (χ0v) is 20.4. The third-order valence-electron chi connectivity index (χ3n) is 4.56. The Kier molecular flexibility index (Phi) is 9.80. The summed E-state index contributed by atoms with van der Waals surface area (Å²) in [6, 6.07) is 13.9. The second-order valence-corrected chi connectivity index (χ2v) is 9.01. The molecule has 1 amide bonds. The van der Waals surface area contributed by atoms with E-state index in [4.69, 9.17) is 19.4 Å². The van der Waals surface area contributed by atoms with Crippen LogP contribution in [0.3, 0.4) is 0 Å². The number of hydroxylamine groups is 1. The molecule has 3 rings (SSSR count). The molecule has 2 aromatic carbocycles. The fourth-order valence-electron chi connectivity index (χ4n) is 2.76. The number of hydrogen-bond donors (Lipinski definition) is 2. The lowest BCUT2D eigenvalue weighted by Crippen LogP contribution is -2.30. The predicted molar refractivity (Wildman–Crippen MR) is 127 cm³/mol. The van der Waals surface area contributed by atoms with Gasteiger partial charge in [-0.1, -0.05) is 42.2 Å². The van der Waals surface area contributed by atoms with Crippen LogP contribution in [0.15, 0.2) is 75.2 Å². The van der Waals surface area contributed by atoms with Gasteiger partial charge in [0.05, 0.1) is 23.1 Å². The van der Waals surface area contributed by atoms with Crippen LogP contribution < -0.4 is 19.9 Å². The summed E-state index contributed by atoms with van der Waals surface area (Å²) >= 11 is 0. The van der Waals surface area contributed by atoms with E-state index >= 15 is 0 Å². The first-order chi connectivity index (χ1) is 18.3. The maximum atomic E-state index is 12.7. The van der Waals surface area contributed by atoms with Crippen molar-refractivity contribution < 1.29 is 47.0 Å². The van der Waals surface area contributed by atoms with Crippen LogP contribution in [-0.2, 0) is 24.2 Å². The minimum atomic E-state index is -4.24. The van der Waals surface area contributed by atoms with Gasteiger partial charge in [0.15, 0.2) is 13.2 Å². The fourth-order valence-corrected chi connectivity index (χ4v) is 4.05. The molecule has 13 nitrogen and oxygen atoms in total. The minimum Gasteiger partial charge on any atom is -0.493 e. The molecule has 0 saturated heterocycles. The average molecular weight is 544 g/mol. The molecule has 1 aromatic heterocycles. The average Bonchev–Trinajstić information content (AvgIpc) is 3.31. The van der Waals surface area contributed by atoms with Gasteiger partial charge in [0.2, 0.25) is 5.91 Å². The third-order valence-corrected chi connectivity index (χ3v) is 6.29. The number of nitrogens with one attached hydrogen (secondary N) is 1. The Hall–Kier alpha value is -4.87. The first-order valence-corrected chi connectivity index (χ1v) is 12.3. The molecule has 0 aliphatic rings. The lowest BCUT2D eigenvalue weighted by atomic mass is 10.2. The van der Waals surface area contributed by atoms with Gasteiger partial charge < -0.3 is 19.4 Å². The Balaban J connectivity index is 1.44. The Morgan fingerprint density at radius 2 is 1.79 bits per heavy atom. The number of nitrogens with zero attached hydrogens (tertiary/aromatic N) is 2. The minimum absolute atomic E-state index is 0.00340.